The summed E-state index contributed by atoms with van der Waals surface area (Å²) in [5.74, 6) is 6.97. The van der Waals surface area contributed by atoms with Crippen molar-refractivity contribution in [3.05, 3.63) is 131 Å². The number of ether oxygens (including phenoxy) is 1. The molecule has 0 bridgehead atoms. The van der Waals surface area contributed by atoms with E-state index >= 15 is 0 Å². The summed E-state index contributed by atoms with van der Waals surface area (Å²) in [6.07, 6.45) is 2.29. The van der Waals surface area contributed by atoms with Gasteiger partial charge in [0.05, 0.1) is 17.7 Å². The van der Waals surface area contributed by atoms with Crippen LogP contribution in [0.5, 0.6) is 0 Å². The van der Waals surface area contributed by atoms with Gasteiger partial charge in [-0.1, -0.05) is 83.9 Å². The van der Waals surface area contributed by atoms with Crippen LogP contribution in [0, 0.1) is 18.8 Å². The number of carbonyl (C=O) groups is 1. The Morgan fingerprint density at radius 2 is 1.54 bits per heavy atom. The van der Waals surface area contributed by atoms with Crippen LogP contribution in [0.3, 0.4) is 0 Å². The normalized spacial score (nSPS) is 13.2. The van der Waals surface area contributed by atoms with E-state index in [-0.39, 0.29) is 5.97 Å². The molecule has 1 aliphatic rings. The third kappa shape index (κ3) is 5.55. The summed E-state index contributed by atoms with van der Waals surface area (Å²) in [4.78, 5) is 17.2. The Hall–Kier alpha value is -4.95. The number of hydrogen-bond donors (Lipinski definition) is 0. The molecule has 0 amide bonds. The summed E-state index contributed by atoms with van der Waals surface area (Å²) in [6, 6.07) is 32.4. The topological polar surface area (TPSA) is 65.2 Å². The maximum absolute atomic E-state index is 12.5. The van der Waals surface area contributed by atoms with Gasteiger partial charge in [-0.05, 0) is 73.6 Å². The molecule has 5 heteroatoms. The number of benzene rings is 3. The molecule has 6 rings (SSSR count). The number of rotatable bonds is 7. The van der Waals surface area contributed by atoms with Crippen molar-refractivity contribution in [2.45, 2.75) is 38.5 Å². The van der Waals surface area contributed by atoms with Crippen LogP contribution in [0.4, 0.5) is 0 Å². The second-order valence-corrected chi connectivity index (χ2v) is 10.3. The van der Waals surface area contributed by atoms with Crippen molar-refractivity contribution in [3.63, 3.8) is 0 Å². The maximum atomic E-state index is 12.5. The molecule has 5 nitrogen and oxygen atoms in total. The van der Waals surface area contributed by atoms with Gasteiger partial charge in [0.25, 0.3) is 0 Å². The minimum atomic E-state index is -0.457. The fourth-order valence-electron chi connectivity index (χ4n) is 5.11. The Morgan fingerprint density at radius 1 is 0.854 bits per heavy atom. The molecule has 202 valence electrons. The van der Waals surface area contributed by atoms with E-state index in [2.05, 4.69) is 65.5 Å². The molecule has 41 heavy (non-hydrogen) atoms. The molecule has 0 spiro atoms. The predicted molar refractivity (Wildman–Crippen MR) is 159 cm³/mol. The number of esters is 1. The van der Waals surface area contributed by atoms with Crippen molar-refractivity contribution in [3.8, 4) is 34.3 Å². The molecule has 0 atom stereocenters. The van der Waals surface area contributed by atoms with E-state index in [4.69, 9.17) is 14.2 Å². The first kappa shape index (κ1) is 26.3. The van der Waals surface area contributed by atoms with Crippen LogP contribution >= 0.6 is 0 Å². The summed E-state index contributed by atoms with van der Waals surface area (Å²) in [7, 11) is 0. The fraction of sp³-hybridized carbons (Fsp3) is 0.194. The third-order valence-electron chi connectivity index (χ3n) is 7.59. The van der Waals surface area contributed by atoms with Crippen LogP contribution in [0.2, 0.25) is 0 Å². The Balaban J connectivity index is 1.19. The summed E-state index contributed by atoms with van der Waals surface area (Å²) < 4.78 is 11.1. The van der Waals surface area contributed by atoms with Gasteiger partial charge in [0.15, 0.2) is 5.76 Å². The summed E-state index contributed by atoms with van der Waals surface area (Å²) in [6.45, 7) is 4.21. The fourth-order valence-corrected chi connectivity index (χ4v) is 5.11. The molecule has 5 aromatic rings. The molecule has 1 aliphatic carbocycles. The molecule has 2 aromatic heterocycles. The summed E-state index contributed by atoms with van der Waals surface area (Å²) in [5.41, 5.74) is 8.16. The quantitative estimate of drug-likeness (QED) is 0.161. The zero-order valence-corrected chi connectivity index (χ0v) is 23.2. The van der Waals surface area contributed by atoms with E-state index in [1.165, 1.54) is 0 Å². The molecular weight excluding hydrogens is 508 g/mol. The maximum Gasteiger partial charge on any atom is 0.316 e. The van der Waals surface area contributed by atoms with Crippen LogP contribution < -0.4 is 0 Å². The SMILES string of the molecule is CCOC(=O)C1(c2ccc(-c3ccc(-c4onc(C)c4Cc4cccc(C#Cc5ccccc5)n4)cc3)cc2)CC1. The minimum absolute atomic E-state index is 0.114. The molecule has 0 saturated heterocycles. The smallest absolute Gasteiger partial charge is 0.316 e. The molecule has 0 unspecified atom stereocenters. The molecule has 0 radical (unpaired) electrons. The monoisotopic (exact) mass is 538 g/mol. The van der Waals surface area contributed by atoms with Gasteiger partial charge in [0.2, 0.25) is 0 Å². The van der Waals surface area contributed by atoms with Crippen LogP contribution in [-0.2, 0) is 21.4 Å². The molecule has 1 saturated carbocycles. The van der Waals surface area contributed by atoms with Gasteiger partial charge in [0, 0.05) is 28.8 Å². The number of aryl methyl sites for hydroxylation is 1. The number of pyridine rings is 1. The highest BCUT2D eigenvalue weighted by molar-refractivity contribution is 5.87. The standard InChI is InChI=1S/C36H30N2O3/c1-3-40-35(39)36(22-23-36)30-19-17-28(18-20-30)27-13-15-29(16-14-27)34-33(25(2)38-41-34)24-32-11-7-10-31(37-32)21-12-26-8-5-4-6-9-26/h4-11,13-20H,3,22-24H2,1-2H3. The van der Waals surface area contributed by atoms with Gasteiger partial charge in [0.1, 0.15) is 5.69 Å². The van der Waals surface area contributed by atoms with E-state index in [1.807, 2.05) is 62.4 Å². The lowest BCUT2D eigenvalue weighted by Crippen LogP contribution is -2.23. The molecule has 2 heterocycles. The first-order chi connectivity index (χ1) is 20.1. The van der Waals surface area contributed by atoms with Crippen molar-refractivity contribution in [2.75, 3.05) is 6.61 Å². The van der Waals surface area contributed by atoms with Crippen LogP contribution in [-0.4, -0.2) is 22.7 Å². The molecule has 1 fully saturated rings. The van der Waals surface area contributed by atoms with E-state index in [0.29, 0.717) is 13.0 Å². The van der Waals surface area contributed by atoms with Crippen molar-refractivity contribution >= 4 is 5.97 Å². The van der Waals surface area contributed by atoms with E-state index in [0.717, 1.165) is 69.1 Å². The number of carbonyl (C=O) groups excluding carboxylic acids is 1. The van der Waals surface area contributed by atoms with Crippen LogP contribution in [0.1, 0.15) is 53.5 Å². The predicted octanol–water partition coefficient (Wildman–Crippen LogP) is 7.30. The van der Waals surface area contributed by atoms with Crippen LogP contribution in [0.15, 0.2) is 102 Å². The van der Waals surface area contributed by atoms with Crippen molar-refractivity contribution in [1.82, 2.24) is 10.1 Å². The Labute approximate surface area is 240 Å². The average Bonchev–Trinajstić information content (AvgIpc) is 3.76. The van der Waals surface area contributed by atoms with Gasteiger partial charge in [-0.15, -0.1) is 0 Å². The number of hydrogen-bond acceptors (Lipinski definition) is 5. The first-order valence-electron chi connectivity index (χ1n) is 13.9. The Morgan fingerprint density at radius 3 is 2.22 bits per heavy atom. The lowest BCUT2D eigenvalue weighted by atomic mass is 9.93. The molecular formula is C36H30N2O3. The average molecular weight is 539 g/mol. The van der Waals surface area contributed by atoms with E-state index in [1.54, 1.807) is 0 Å². The third-order valence-corrected chi connectivity index (χ3v) is 7.59. The highest BCUT2D eigenvalue weighted by atomic mass is 16.5. The Kier molecular flexibility index (Phi) is 7.22. The van der Waals surface area contributed by atoms with Crippen molar-refractivity contribution in [2.24, 2.45) is 0 Å². The van der Waals surface area contributed by atoms with Gasteiger partial charge >= 0.3 is 5.97 Å². The summed E-state index contributed by atoms with van der Waals surface area (Å²) >= 11 is 0. The second-order valence-electron chi connectivity index (χ2n) is 10.3. The highest BCUT2D eigenvalue weighted by Crippen LogP contribution is 2.49. The second kappa shape index (κ2) is 11.3. The van der Waals surface area contributed by atoms with Crippen molar-refractivity contribution in [1.29, 1.82) is 0 Å². The van der Waals surface area contributed by atoms with Crippen LogP contribution in [0.25, 0.3) is 22.5 Å². The first-order valence-corrected chi connectivity index (χ1v) is 13.9. The lowest BCUT2D eigenvalue weighted by molar-refractivity contribution is -0.146. The van der Waals surface area contributed by atoms with Gasteiger partial charge < -0.3 is 9.26 Å². The molecule has 0 N–H and O–H groups in total. The lowest BCUT2D eigenvalue weighted by Gasteiger charge is -2.14. The van der Waals surface area contributed by atoms with Crippen molar-refractivity contribution < 1.29 is 14.1 Å². The molecule has 3 aromatic carbocycles. The van der Waals surface area contributed by atoms with Gasteiger partial charge in [-0.2, -0.15) is 0 Å². The van der Waals surface area contributed by atoms with E-state index < -0.39 is 5.41 Å². The van der Waals surface area contributed by atoms with E-state index in [9.17, 15) is 4.79 Å². The minimum Gasteiger partial charge on any atom is -0.465 e. The number of nitrogens with zero attached hydrogens (tertiary/aromatic N) is 2. The Bertz CT molecular complexity index is 1740. The summed E-state index contributed by atoms with van der Waals surface area (Å²) in [5, 5.41) is 4.27. The highest BCUT2D eigenvalue weighted by Gasteiger charge is 2.52. The number of aromatic nitrogens is 2. The largest absolute Gasteiger partial charge is 0.465 e. The van der Waals surface area contributed by atoms with Gasteiger partial charge in [-0.3, -0.25) is 4.79 Å². The van der Waals surface area contributed by atoms with Gasteiger partial charge in [-0.25, -0.2) is 4.98 Å². The zero-order chi connectivity index (χ0) is 28.2. The molecule has 0 aliphatic heterocycles. The zero-order valence-electron chi connectivity index (χ0n) is 23.2.